The second kappa shape index (κ2) is 17.2. The summed E-state index contributed by atoms with van der Waals surface area (Å²) in [6.45, 7) is 0. The highest BCUT2D eigenvalue weighted by atomic mass is 32.1. The molecule has 0 spiro atoms. The van der Waals surface area contributed by atoms with Crippen LogP contribution in [0, 0.1) is 0 Å². The first-order chi connectivity index (χ1) is 34.2. The third kappa shape index (κ3) is 7.20. The maximum atomic E-state index is 2.44. The third-order valence-electron chi connectivity index (χ3n) is 13.6. The van der Waals surface area contributed by atoms with Crippen molar-refractivity contribution in [2.24, 2.45) is 0 Å². The Labute approximate surface area is 405 Å². The maximum Gasteiger partial charge on any atom is 0.0541 e. The smallest absolute Gasteiger partial charge is 0.0541 e. The number of fused-ring (bicyclic) bond motifs is 6. The highest BCUT2D eigenvalue weighted by molar-refractivity contribution is 7.25. The zero-order valence-electron chi connectivity index (χ0n) is 37.7. The Morgan fingerprint density at radius 2 is 0.812 bits per heavy atom. The van der Waals surface area contributed by atoms with Crippen molar-refractivity contribution in [1.82, 2.24) is 4.57 Å². The lowest BCUT2D eigenvalue weighted by molar-refractivity contribution is 1.18. The van der Waals surface area contributed by atoms with E-state index in [0.29, 0.717) is 0 Å². The summed E-state index contributed by atoms with van der Waals surface area (Å²) in [5.41, 5.74) is 18.6. The van der Waals surface area contributed by atoms with Crippen molar-refractivity contribution in [3.63, 3.8) is 0 Å². The SMILES string of the molecule is c1ccc(-c2ccccc2-c2ccccc2-c2ccccc2N(c2ccc(-c3ccc4c(c3)sc3ccccc34)cc2)c2cccc(-c3ccc4c(c3)c3ccccc3n4-c3ccccc3)c2)cc1. The van der Waals surface area contributed by atoms with Crippen molar-refractivity contribution >= 4 is 70.4 Å². The topological polar surface area (TPSA) is 8.17 Å². The van der Waals surface area contributed by atoms with E-state index in [4.69, 9.17) is 0 Å². The number of aromatic nitrogens is 1. The van der Waals surface area contributed by atoms with Gasteiger partial charge in [-0.3, -0.25) is 0 Å². The highest BCUT2D eigenvalue weighted by Gasteiger charge is 2.21. The van der Waals surface area contributed by atoms with E-state index in [-0.39, 0.29) is 0 Å². The second-order valence-electron chi connectivity index (χ2n) is 17.6. The summed E-state index contributed by atoms with van der Waals surface area (Å²) in [4.78, 5) is 2.44. The van der Waals surface area contributed by atoms with Crippen LogP contribution >= 0.6 is 11.3 Å². The predicted molar refractivity (Wildman–Crippen MR) is 296 cm³/mol. The van der Waals surface area contributed by atoms with E-state index in [1.54, 1.807) is 0 Å². The van der Waals surface area contributed by atoms with Crippen LogP contribution < -0.4 is 4.90 Å². The fourth-order valence-electron chi connectivity index (χ4n) is 10.4. The monoisotopic (exact) mass is 896 g/mol. The number of hydrogen-bond acceptors (Lipinski definition) is 2. The Bertz CT molecular complexity index is 4010. The first-order valence-corrected chi connectivity index (χ1v) is 24.4. The van der Waals surface area contributed by atoms with Crippen LogP contribution in [0.2, 0.25) is 0 Å². The van der Waals surface area contributed by atoms with Crippen LogP contribution in [0.4, 0.5) is 17.1 Å². The van der Waals surface area contributed by atoms with Crippen molar-refractivity contribution in [3.05, 3.63) is 267 Å². The molecular formula is C66H44N2S. The number of para-hydroxylation sites is 3. The Morgan fingerprint density at radius 3 is 1.61 bits per heavy atom. The number of rotatable bonds is 9. The van der Waals surface area contributed by atoms with E-state index in [2.05, 4.69) is 276 Å². The molecule has 0 aliphatic heterocycles. The van der Waals surface area contributed by atoms with Crippen LogP contribution in [-0.2, 0) is 0 Å². The Balaban J connectivity index is 0.966. The average molecular weight is 897 g/mol. The molecule has 0 saturated carbocycles. The fourth-order valence-corrected chi connectivity index (χ4v) is 11.5. The van der Waals surface area contributed by atoms with Crippen molar-refractivity contribution in [2.75, 3.05) is 4.90 Å². The molecule has 11 aromatic carbocycles. The molecule has 0 N–H and O–H groups in total. The minimum absolute atomic E-state index is 1.08. The number of thiophene rings is 1. The molecule has 13 aromatic rings. The Kier molecular flexibility index (Phi) is 10.1. The van der Waals surface area contributed by atoms with Gasteiger partial charge in [-0.25, -0.2) is 0 Å². The normalized spacial score (nSPS) is 11.5. The van der Waals surface area contributed by atoms with Crippen LogP contribution in [0.1, 0.15) is 0 Å². The zero-order chi connectivity index (χ0) is 45.7. The lowest BCUT2D eigenvalue weighted by Crippen LogP contribution is -2.11. The van der Waals surface area contributed by atoms with E-state index in [0.717, 1.165) is 33.9 Å². The molecule has 0 radical (unpaired) electrons. The van der Waals surface area contributed by atoms with Crippen molar-refractivity contribution < 1.29 is 0 Å². The quantitative estimate of drug-likeness (QED) is 0.140. The van der Waals surface area contributed by atoms with Crippen molar-refractivity contribution in [3.8, 4) is 61.3 Å². The molecule has 0 saturated heterocycles. The predicted octanol–water partition coefficient (Wildman–Crippen LogP) is 19.0. The minimum Gasteiger partial charge on any atom is -0.310 e. The molecular weight excluding hydrogens is 853 g/mol. The van der Waals surface area contributed by atoms with Crippen LogP contribution in [0.5, 0.6) is 0 Å². The van der Waals surface area contributed by atoms with Crippen LogP contribution in [-0.4, -0.2) is 4.57 Å². The lowest BCUT2D eigenvalue weighted by atomic mass is 9.88. The number of nitrogens with zero attached hydrogens (tertiary/aromatic N) is 2. The molecule has 0 aliphatic carbocycles. The van der Waals surface area contributed by atoms with Gasteiger partial charge in [-0.2, -0.15) is 0 Å². The summed E-state index contributed by atoms with van der Waals surface area (Å²) < 4.78 is 5.00. The molecule has 69 heavy (non-hydrogen) atoms. The fraction of sp³-hybridized carbons (Fsp3) is 0. The molecule has 0 fully saturated rings. The van der Waals surface area contributed by atoms with Crippen LogP contribution in [0.25, 0.3) is 103 Å². The van der Waals surface area contributed by atoms with Gasteiger partial charge in [0.2, 0.25) is 0 Å². The molecule has 0 aliphatic rings. The van der Waals surface area contributed by atoms with E-state index in [9.17, 15) is 0 Å². The van der Waals surface area contributed by atoms with Gasteiger partial charge in [0.25, 0.3) is 0 Å². The summed E-state index contributed by atoms with van der Waals surface area (Å²) in [5, 5.41) is 5.10. The van der Waals surface area contributed by atoms with Crippen molar-refractivity contribution in [2.45, 2.75) is 0 Å². The molecule has 3 heteroatoms. The molecule has 0 bridgehead atoms. The van der Waals surface area contributed by atoms with Gasteiger partial charge >= 0.3 is 0 Å². The van der Waals surface area contributed by atoms with Gasteiger partial charge in [-0.05, 0) is 123 Å². The van der Waals surface area contributed by atoms with E-state index in [1.165, 1.54) is 86.5 Å². The van der Waals surface area contributed by atoms with Crippen LogP contribution in [0.15, 0.2) is 267 Å². The van der Waals surface area contributed by atoms with Crippen LogP contribution in [0.3, 0.4) is 0 Å². The number of anilines is 3. The van der Waals surface area contributed by atoms with Gasteiger partial charge < -0.3 is 9.47 Å². The maximum absolute atomic E-state index is 2.44. The average Bonchev–Trinajstić information content (AvgIpc) is 3.97. The summed E-state index contributed by atoms with van der Waals surface area (Å²) in [6, 6.07) is 97.4. The molecule has 2 nitrogen and oxygen atoms in total. The molecule has 0 unspecified atom stereocenters. The van der Waals surface area contributed by atoms with Gasteiger partial charge in [0.1, 0.15) is 0 Å². The number of hydrogen-bond donors (Lipinski definition) is 0. The molecule has 2 heterocycles. The molecule has 0 atom stereocenters. The second-order valence-corrected chi connectivity index (χ2v) is 18.7. The zero-order valence-corrected chi connectivity index (χ0v) is 38.5. The van der Waals surface area contributed by atoms with Gasteiger partial charge in [0.05, 0.1) is 16.7 Å². The third-order valence-corrected chi connectivity index (χ3v) is 14.8. The first-order valence-electron chi connectivity index (χ1n) is 23.6. The summed E-state index contributed by atoms with van der Waals surface area (Å²) >= 11 is 1.86. The number of benzene rings is 11. The minimum atomic E-state index is 1.08. The largest absolute Gasteiger partial charge is 0.310 e. The molecule has 0 amide bonds. The Hall–Kier alpha value is -8.76. The van der Waals surface area contributed by atoms with E-state index >= 15 is 0 Å². The molecule has 2 aromatic heterocycles. The summed E-state index contributed by atoms with van der Waals surface area (Å²) in [5.74, 6) is 0. The highest BCUT2D eigenvalue weighted by Crippen LogP contribution is 2.47. The van der Waals surface area contributed by atoms with E-state index in [1.807, 2.05) is 11.3 Å². The summed E-state index contributed by atoms with van der Waals surface area (Å²) in [7, 11) is 0. The van der Waals surface area contributed by atoms with E-state index < -0.39 is 0 Å². The standard InChI is InChI=1S/C66H44N2S/c1-3-18-46(19-4-1)53-24-7-8-25-54(53)55-26-9-10-27-56(55)57-28-11-14-31-62(57)67(51-38-34-45(35-39-51)49-36-40-60-59-30-13-16-33-65(59)69-66(60)44-49)52-23-17-20-47(42-52)48-37-41-64-61(43-48)58-29-12-15-32-63(58)68(64)50-21-5-2-6-22-50/h1-44H. The molecule has 324 valence electrons. The molecule has 13 rings (SSSR count). The first kappa shape index (κ1) is 40.5. The van der Waals surface area contributed by atoms with Gasteiger partial charge in [0, 0.05) is 53.6 Å². The van der Waals surface area contributed by atoms with Gasteiger partial charge in [-0.1, -0.05) is 194 Å². The Morgan fingerprint density at radius 1 is 0.275 bits per heavy atom. The van der Waals surface area contributed by atoms with Gasteiger partial charge in [-0.15, -0.1) is 11.3 Å². The van der Waals surface area contributed by atoms with Gasteiger partial charge in [0.15, 0.2) is 0 Å². The lowest BCUT2D eigenvalue weighted by Gasteiger charge is -2.29. The van der Waals surface area contributed by atoms with Crippen molar-refractivity contribution in [1.29, 1.82) is 0 Å². The summed E-state index contributed by atoms with van der Waals surface area (Å²) in [6.07, 6.45) is 0.